The molecule has 7 aromatic rings. The molecule has 5 aromatic carbocycles. The van der Waals surface area contributed by atoms with Crippen molar-refractivity contribution >= 4 is 27.4 Å². The first-order chi connectivity index (χ1) is 21.7. The van der Waals surface area contributed by atoms with Gasteiger partial charge in [-0.25, -0.2) is 4.98 Å². The summed E-state index contributed by atoms with van der Waals surface area (Å²) in [5, 5.41) is 2.28. The molecule has 0 fully saturated rings. The summed E-state index contributed by atoms with van der Waals surface area (Å²) in [5.41, 5.74) is 8.51. The van der Waals surface area contributed by atoms with Gasteiger partial charge in [-0.05, 0) is 47.4 Å². The number of allylic oxidation sites excluding steroid dienone is 5. The lowest BCUT2D eigenvalue weighted by Gasteiger charge is -2.12. The van der Waals surface area contributed by atoms with Crippen molar-refractivity contribution in [1.82, 2.24) is 19.5 Å². The van der Waals surface area contributed by atoms with E-state index in [1.807, 2.05) is 61.5 Å². The Morgan fingerprint density at radius 3 is 1.98 bits per heavy atom. The molecule has 0 atom stereocenters. The van der Waals surface area contributed by atoms with Crippen molar-refractivity contribution in [3.63, 3.8) is 0 Å². The Bertz CT molecular complexity index is 2190. The summed E-state index contributed by atoms with van der Waals surface area (Å²) in [5.74, 6) is 1.77. The highest BCUT2D eigenvalue weighted by Crippen LogP contribution is 2.35. The van der Waals surface area contributed by atoms with Crippen LogP contribution >= 0.6 is 0 Å². The molecule has 0 radical (unpaired) electrons. The molecule has 2 heterocycles. The Hall–Kier alpha value is -5.87. The summed E-state index contributed by atoms with van der Waals surface area (Å²) in [6.45, 7) is 5.90. The van der Waals surface area contributed by atoms with Crippen LogP contribution in [0.4, 0.5) is 0 Å². The van der Waals surface area contributed by atoms with Crippen LogP contribution in [0.1, 0.15) is 12.7 Å². The van der Waals surface area contributed by atoms with Gasteiger partial charge in [-0.2, -0.15) is 9.97 Å². The summed E-state index contributed by atoms with van der Waals surface area (Å²) >= 11 is 0. The van der Waals surface area contributed by atoms with Gasteiger partial charge >= 0.3 is 0 Å². The minimum Gasteiger partial charge on any atom is -0.278 e. The molecular weight excluding hydrogens is 536 g/mol. The minimum absolute atomic E-state index is 0.565. The van der Waals surface area contributed by atoms with E-state index < -0.39 is 0 Å². The Balaban J connectivity index is 1.48. The number of aromatic nitrogens is 4. The van der Waals surface area contributed by atoms with Crippen LogP contribution in [0.25, 0.3) is 67.0 Å². The van der Waals surface area contributed by atoms with E-state index >= 15 is 0 Å². The number of nitrogens with zero attached hydrogens (tertiary/aromatic N) is 4. The number of hydrogen-bond donors (Lipinski definition) is 0. The van der Waals surface area contributed by atoms with E-state index in [0.29, 0.717) is 17.6 Å². The molecule has 0 amide bonds. The number of rotatable bonds is 7. The Labute approximate surface area is 257 Å². The summed E-state index contributed by atoms with van der Waals surface area (Å²) in [6.07, 6.45) is 7.67. The van der Waals surface area contributed by atoms with Gasteiger partial charge in [-0.3, -0.25) is 4.57 Å². The largest absolute Gasteiger partial charge is 0.278 e. The van der Waals surface area contributed by atoms with E-state index in [0.717, 1.165) is 44.1 Å². The van der Waals surface area contributed by atoms with Crippen LogP contribution in [0.2, 0.25) is 0 Å². The highest BCUT2D eigenvalue weighted by Gasteiger charge is 2.18. The molecule has 0 bridgehead atoms. The predicted molar refractivity (Wildman–Crippen MR) is 183 cm³/mol. The highest BCUT2D eigenvalue weighted by atomic mass is 15.2. The smallest absolute Gasteiger partial charge is 0.238 e. The van der Waals surface area contributed by atoms with Crippen LogP contribution in [0.5, 0.6) is 0 Å². The first-order valence-electron chi connectivity index (χ1n) is 14.7. The maximum atomic E-state index is 5.07. The zero-order chi connectivity index (χ0) is 29.9. The van der Waals surface area contributed by atoms with Gasteiger partial charge in [0.25, 0.3) is 0 Å². The van der Waals surface area contributed by atoms with Gasteiger partial charge in [-0.1, -0.05) is 140 Å². The summed E-state index contributed by atoms with van der Waals surface area (Å²) in [4.78, 5) is 15.0. The molecule has 0 saturated carbocycles. The molecule has 0 aliphatic rings. The average molecular weight is 567 g/mol. The van der Waals surface area contributed by atoms with Crippen LogP contribution in [-0.4, -0.2) is 19.5 Å². The van der Waals surface area contributed by atoms with Crippen LogP contribution in [-0.2, 0) is 0 Å². The third-order valence-corrected chi connectivity index (χ3v) is 7.73. The van der Waals surface area contributed by atoms with Gasteiger partial charge in [0.2, 0.25) is 5.95 Å². The molecule has 44 heavy (non-hydrogen) atoms. The maximum Gasteiger partial charge on any atom is 0.238 e. The lowest BCUT2D eigenvalue weighted by molar-refractivity contribution is 0.932. The van der Waals surface area contributed by atoms with Crippen molar-refractivity contribution in [2.75, 3.05) is 0 Å². The highest BCUT2D eigenvalue weighted by molar-refractivity contribution is 6.10. The van der Waals surface area contributed by atoms with Crippen molar-refractivity contribution in [2.24, 2.45) is 0 Å². The van der Waals surface area contributed by atoms with Gasteiger partial charge < -0.3 is 0 Å². The van der Waals surface area contributed by atoms with Gasteiger partial charge in [0, 0.05) is 21.9 Å². The van der Waals surface area contributed by atoms with E-state index in [9.17, 15) is 0 Å². The van der Waals surface area contributed by atoms with Crippen molar-refractivity contribution in [1.29, 1.82) is 0 Å². The van der Waals surface area contributed by atoms with E-state index in [4.69, 9.17) is 15.0 Å². The van der Waals surface area contributed by atoms with E-state index in [1.165, 1.54) is 11.1 Å². The zero-order valence-corrected chi connectivity index (χ0v) is 24.4. The molecule has 210 valence electrons. The summed E-state index contributed by atoms with van der Waals surface area (Å²) < 4.78 is 2.16. The molecule has 7 rings (SSSR count). The van der Waals surface area contributed by atoms with Gasteiger partial charge in [0.05, 0.1) is 11.0 Å². The summed E-state index contributed by atoms with van der Waals surface area (Å²) in [7, 11) is 0. The molecule has 0 aliphatic carbocycles. The number of para-hydroxylation sites is 1. The fourth-order valence-electron chi connectivity index (χ4n) is 5.70. The Morgan fingerprint density at radius 1 is 0.591 bits per heavy atom. The van der Waals surface area contributed by atoms with Crippen LogP contribution in [0, 0.1) is 0 Å². The minimum atomic E-state index is 0.565. The molecule has 0 saturated heterocycles. The fourth-order valence-corrected chi connectivity index (χ4v) is 5.70. The van der Waals surface area contributed by atoms with E-state index in [2.05, 4.69) is 102 Å². The summed E-state index contributed by atoms with van der Waals surface area (Å²) in [6, 6.07) is 44.3. The van der Waals surface area contributed by atoms with Gasteiger partial charge in [-0.15, -0.1) is 0 Å². The van der Waals surface area contributed by atoms with Crippen molar-refractivity contribution in [2.45, 2.75) is 6.92 Å². The van der Waals surface area contributed by atoms with Gasteiger partial charge in [0.1, 0.15) is 0 Å². The number of fused-ring (bicyclic) bond motifs is 3. The predicted octanol–water partition coefficient (Wildman–Crippen LogP) is 10.1. The molecule has 4 heteroatoms. The second kappa shape index (κ2) is 11.8. The molecule has 2 aromatic heterocycles. The lowest BCUT2D eigenvalue weighted by Crippen LogP contribution is -2.08. The molecule has 0 N–H and O–H groups in total. The SMILES string of the molecule is C=C/C=C(\C=C/C)c1nc(-c2ccccc2)nc(-n2c3ccccc3c3ccc(-c4cccc(-c5ccccc5)c4)cc32)n1. The average Bonchev–Trinajstić information content (AvgIpc) is 3.42. The zero-order valence-electron chi connectivity index (χ0n) is 24.4. The molecule has 0 aliphatic heterocycles. The Kier molecular flexibility index (Phi) is 7.23. The molecular formula is C40H30N4. The lowest BCUT2D eigenvalue weighted by atomic mass is 9.98. The molecule has 0 spiro atoms. The topological polar surface area (TPSA) is 43.6 Å². The second-order valence-electron chi connectivity index (χ2n) is 10.5. The van der Waals surface area contributed by atoms with Crippen LogP contribution < -0.4 is 0 Å². The van der Waals surface area contributed by atoms with Crippen molar-refractivity contribution in [3.05, 3.63) is 164 Å². The van der Waals surface area contributed by atoms with Crippen LogP contribution in [0.15, 0.2) is 158 Å². The van der Waals surface area contributed by atoms with Crippen LogP contribution in [0.3, 0.4) is 0 Å². The van der Waals surface area contributed by atoms with Crippen molar-refractivity contribution < 1.29 is 0 Å². The van der Waals surface area contributed by atoms with Crippen molar-refractivity contribution in [3.8, 4) is 39.6 Å². The fraction of sp³-hybridized carbons (Fsp3) is 0.0250. The first kappa shape index (κ1) is 27.0. The van der Waals surface area contributed by atoms with E-state index in [1.54, 1.807) is 6.08 Å². The van der Waals surface area contributed by atoms with E-state index in [-0.39, 0.29) is 0 Å². The standard InChI is InChI=1S/C40H30N4/c1-3-14-29(15-4-2)38-41-39(30-18-9-6-10-19-30)43-40(42-38)44-36-23-12-11-22-34(36)35-25-24-33(27-37(35)44)32-21-13-20-31(26-32)28-16-7-5-8-17-28/h3-27H,1H2,2H3/b15-4-,29-14+. The normalized spacial score (nSPS) is 11.9. The third kappa shape index (κ3) is 5.03. The number of benzene rings is 5. The second-order valence-corrected chi connectivity index (χ2v) is 10.5. The first-order valence-corrected chi connectivity index (χ1v) is 14.7. The number of hydrogen-bond acceptors (Lipinski definition) is 3. The molecule has 0 unspecified atom stereocenters. The quantitative estimate of drug-likeness (QED) is 0.180. The van der Waals surface area contributed by atoms with Gasteiger partial charge in [0.15, 0.2) is 11.6 Å². The Morgan fingerprint density at radius 2 is 1.23 bits per heavy atom. The maximum absolute atomic E-state index is 5.07. The molecule has 4 nitrogen and oxygen atoms in total. The monoisotopic (exact) mass is 566 g/mol. The third-order valence-electron chi connectivity index (χ3n) is 7.73.